The lowest BCUT2D eigenvalue weighted by Crippen LogP contribution is -2.30. The topological polar surface area (TPSA) is 84.3 Å². The highest BCUT2D eigenvalue weighted by Crippen LogP contribution is 2.08. The van der Waals surface area contributed by atoms with E-state index < -0.39 is 12.0 Å². The van der Waals surface area contributed by atoms with E-state index in [0.717, 1.165) is 11.4 Å². The van der Waals surface area contributed by atoms with Crippen LogP contribution < -0.4 is 5.32 Å². The molecule has 100 valence electrons. The number of carboxylic acids is 1. The predicted octanol–water partition coefficient (Wildman–Crippen LogP) is 1.39. The number of nitrogens with one attached hydrogen (secondary N) is 1. The fraction of sp³-hybridized carbons (Fsp3) is 0.583. The summed E-state index contributed by atoms with van der Waals surface area (Å²) in [6.45, 7) is 4.24. The minimum absolute atomic E-state index is 0.359. The van der Waals surface area contributed by atoms with E-state index in [9.17, 15) is 4.79 Å². The molecule has 18 heavy (non-hydrogen) atoms. The summed E-state index contributed by atoms with van der Waals surface area (Å²) < 4.78 is 4.91. The van der Waals surface area contributed by atoms with E-state index in [-0.39, 0.29) is 0 Å². The minimum Gasteiger partial charge on any atom is -0.480 e. The zero-order valence-electron chi connectivity index (χ0n) is 10.9. The van der Waals surface area contributed by atoms with Gasteiger partial charge in [-0.1, -0.05) is 0 Å². The van der Waals surface area contributed by atoms with Crippen molar-refractivity contribution in [2.24, 2.45) is 0 Å². The fourth-order valence-electron chi connectivity index (χ4n) is 1.64. The number of carbonyl (C=O) groups is 1. The third-order valence-corrected chi connectivity index (χ3v) is 2.42. The Labute approximate surface area is 106 Å². The van der Waals surface area contributed by atoms with Gasteiger partial charge in [-0.25, -0.2) is 14.8 Å². The maximum absolute atomic E-state index is 11.1. The molecule has 1 heterocycles. The van der Waals surface area contributed by atoms with Crippen LogP contribution in [0.2, 0.25) is 0 Å². The summed E-state index contributed by atoms with van der Waals surface area (Å²) in [5, 5.41) is 12.0. The van der Waals surface area contributed by atoms with Crippen LogP contribution in [0.4, 0.5) is 5.95 Å². The lowest BCUT2D eigenvalue weighted by molar-refractivity contribution is -0.138. The molecule has 0 spiro atoms. The SMILES string of the molecule is COCCCC(Nc1nc(C)cc(C)n1)C(=O)O. The summed E-state index contributed by atoms with van der Waals surface area (Å²) in [6, 6.07) is 1.15. The summed E-state index contributed by atoms with van der Waals surface area (Å²) in [4.78, 5) is 19.4. The lowest BCUT2D eigenvalue weighted by atomic mass is 10.1. The quantitative estimate of drug-likeness (QED) is 0.714. The van der Waals surface area contributed by atoms with Crippen LogP contribution in [0.25, 0.3) is 0 Å². The van der Waals surface area contributed by atoms with Gasteiger partial charge in [0.1, 0.15) is 6.04 Å². The van der Waals surface area contributed by atoms with Crippen molar-refractivity contribution in [1.29, 1.82) is 0 Å². The number of carboxylic acid groups (broad SMARTS) is 1. The van der Waals surface area contributed by atoms with Gasteiger partial charge in [-0.3, -0.25) is 0 Å². The molecular weight excluding hydrogens is 234 g/mol. The number of aromatic nitrogens is 2. The van der Waals surface area contributed by atoms with Crippen molar-refractivity contribution >= 4 is 11.9 Å². The van der Waals surface area contributed by atoms with Crippen LogP contribution in [0.1, 0.15) is 24.2 Å². The van der Waals surface area contributed by atoms with E-state index in [2.05, 4.69) is 15.3 Å². The van der Waals surface area contributed by atoms with E-state index in [1.807, 2.05) is 19.9 Å². The molecule has 0 aliphatic carbocycles. The monoisotopic (exact) mass is 253 g/mol. The Morgan fingerprint density at radius 2 is 2.06 bits per heavy atom. The van der Waals surface area contributed by atoms with Crippen molar-refractivity contribution in [3.63, 3.8) is 0 Å². The molecular formula is C12H19N3O3. The zero-order valence-corrected chi connectivity index (χ0v) is 10.9. The van der Waals surface area contributed by atoms with Gasteiger partial charge in [-0.15, -0.1) is 0 Å². The molecule has 1 rings (SSSR count). The number of aryl methyl sites for hydroxylation is 2. The number of hydrogen-bond donors (Lipinski definition) is 2. The maximum atomic E-state index is 11.1. The normalized spacial score (nSPS) is 12.2. The fourth-order valence-corrected chi connectivity index (χ4v) is 1.64. The van der Waals surface area contributed by atoms with E-state index in [1.54, 1.807) is 7.11 Å². The van der Waals surface area contributed by atoms with E-state index in [0.29, 0.717) is 25.4 Å². The molecule has 6 heteroatoms. The third kappa shape index (κ3) is 4.67. The Kier molecular flexibility index (Phi) is 5.51. The van der Waals surface area contributed by atoms with Gasteiger partial charge in [0, 0.05) is 25.1 Å². The lowest BCUT2D eigenvalue weighted by Gasteiger charge is -2.14. The Balaban J connectivity index is 2.67. The van der Waals surface area contributed by atoms with Gasteiger partial charge in [0.05, 0.1) is 0 Å². The zero-order chi connectivity index (χ0) is 13.5. The number of rotatable bonds is 7. The highest BCUT2D eigenvalue weighted by Gasteiger charge is 2.18. The van der Waals surface area contributed by atoms with Gasteiger partial charge in [-0.05, 0) is 32.8 Å². The first-order chi connectivity index (χ1) is 8.52. The maximum Gasteiger partial charge on any atom is 0.326 e. The molecule has 1 atom stereocenters. The van der Waals surface area contributed by atoms with E-state index in [4.69, 9.17) is 9.84 Å². The number of hydrogen-bond acceptors (Lipinski definition) is 5. The standard InChI is InChI=1S/C12H19N3O3/c1-8-7-9(2)14-12(13-8)15-10(11(16)17)5-4-6-18-3/h7,10H,4-6H2,1-3H3,(H,16,17)(H,13,14,15). The van der Waals surface area contributed by atoms with Gasteiger partial charge < -0.3 is 15.2 Å². The van der Waals surface area contributed by atoms with Crippen LogP contribution in [0.5, 0.6) is 0 Å². The molecule has 0 aliphatic rings. The smallest absolute Gasteiger partial charge is 0.326 e. The second-order valence-electron chi connectivity index (χ2n) is 4.14. The summed E-state index contributed by atoms with van der Waals surface area (Å²) >= 11 is 0. The molecule has 0 aromatic carbocycles. The molecule has 0 bridgehead atoms. The molecule has 0 radical (unpaired) electrons. The largest absolute Gasteiger partial charge is 0.480 e. The molecule has 0 aliphatic heterocycles. The van der Waals surface area contributed by atoms with Gasteiger partial charge >= 0.3 is 5.97 Å². The van der Waals surface area contributed by atoms with E-state index >= 15 is 0 Å². The summed E-state index contributed by atoms with van der Waals surface area (Å²) in [6.07, 6.45) is 1.14. The first-order valence-corrected chi connectivity index (χ1v) is 5.83. The summed E-state index contributed by atoms with van der Waals surface area (Å²) in [5.74, 6) is -0.550. The summed E-state index contributed by atoms with van der Waals surface area (Å²) in [7, 11) is 1.59. The van der Waals surface area contributed by atoms with Gasteiger partial charge in [0.15, 0.2) is 0 Å². The predicted molar refractivity (Wildman–Crippen MR) is 67.7 cm³/mol. The average molecular weight is 253 g/mol. The van der Waals surface area contributed by atoms with E-state index in [1.165, 1.54) is 0 Å². The Morgan fingerprint density at radius 3 is 2.56 bits per heavy atom. The van der Waals surface area contributed by atoms with Crippen molar-refractivity contribution in [1.82, 2.24) is 9.97 Å². The van der Waals surface area contributed by atoms with Gasteiger partial charge in [0.2, 0.25) is 5.95 Å². The number of anilines is 1. The molecule has 6 nitrogen and oxygen atoms in total. The molecule has 1 unspecified atom stereocenters. The van der Waals surface area contributed by atoms with Crippen molar-refractivity contribution in [3.05, 3.63) is 17.5 Å². The van der Waals surface area contributed by atoms with Gasteiger partial charge in [0.25, 0.3) is 0 Å². The van der Waals surface area contributed by atoms with Crippen LogP contribution in [0.3, 0.4) is 0 Å². The molecule has 0 amide bonds. The summed E-state index contributed by atoms with van der Waals surface area (Å²) in [5.41, 5.74) is 1.62. The first kappa shape index (κ1) is 14.4. The molecule has 1 aromatic heterocycles. The van der Waals surface area contributed by atoms with Gasteiger partial charge in [-0.2, -0.15) is 0 Å². The second-order valence-corrected chi connectivity index (χ2v) is 4.14. The molecule has 1 aromatic rings. The minimum atomic E-state index is -0.908. The van der Waals surface area contributed by atoms with Crippen molar-refractivity contribution < 1.29 is 14.6 Å². The number of aliphatic carboxylic acids is 1. The Bertz CT molecular complexity index is 389. The first-order valence-electron chi connectivity index (χ1n) is 5.83. The molecule has 2 N–H and O–H groups in total. The third-order valence-electron chi connectivity index (χ3n) is 2.42. The number of methoxy groups -OCH3 is 1. The van der Waals surface area contributed by atoms with Crippen LogP contribution in [-0.4, -0.2) is 40.8 Å². The highest BCUT2D eigenvalue weighted by atomic mass is 16.5. The van der Waals surface area contributed by atoms with Crippen molar-refractivity contribution in [2.45, 2.75) is 32.7 Å². The molecule has 0 saturated carbocycles. The van der Waals surface area contributed by atoms with Crippen LogP contribution in [0, 0.1) is 13.8 Å². The Hall–Kier alpha value is -1.69. The number of ether oxygens (including phenoxy) is 1. The second kappa shape index (κ2) is 6.90. The molecule has 0 fully saturated rings. The Morgan fingerprint density at radius 1 is 1.44 bits per heavy atom. The average Bonchev–Trinajstić information content (AvgIpc) is 2.26. The number of nitrogens with zero attached hydrogens (tertiary/aromatic N) is 2. The van der Waals surface area contributed by atoms with Crippen LogP contribution in [-0.2, 0) is 9.53 Å². The van der Waals surface area contributed by atoms with Crippen molar-refractivity contribution in [3.8, 4) is 0 Å². The van der Waals surface area contributed by atoms with Crippen molar-refractivity contribution in [2.75, 3.05) is 19.0 Å². The highest BCUT2D eigenvalue weighted by molar-refractivity contribution is 5.76. The van der Waals surface area contributed by atoms with Crippen LogP contribution in [0.15, 0.2) is 6.07 Å². The molecule has 0 saturated heterocycles. The van der Waals surface area contributed by atoms with Crippen LogP contribution >= 0.6 is 0 Å².